The van der Waals surface area contributed by atoms with E-state index in [9.17, 15) is 0 Å². The minimum Gasteiger partial charge on any atom is -0.309 e. The van der Waals surface area contributed by atoms with E-state index in [2.05, 4.69) is 18.0 Å². The fraction of sp³-hybridized carbons (Fsp3) is 0.385. The van der Waals surface area contributed by atoms with Crippen LogP contribution >= 0.6 is 23.2 Å². The summed E-state index contributed by atoms with van der Waals surface area (Å²) >= 11 is 11.9. The zero-order valence-electron chi connectivity index (χ0n) is 9.05. The van der Waals surface area contributed by atoms with Crippen molar-refractivity contribution in [2.24, 2.45) is 0 Å². The van der Waals surface area contributed by atoms with E-state index in [0.29, 0.717) is 23.5 Å². The lowest BCUT2D eigenvalue weighted by molar-refractivity contribution is 0.299. The lowest BCUT2D eigenvalue weighted by atomic mass is 9.76. The number of nitrogens with one attached hydrogen (secondary N) is 1. The first-order chi connectivity index (χ1) is 7.66. The SMILES string of the molecule is C=C(Cl)CNC1CC(c2ccccc2Cl)C1. The first-order valence-corrected chi connectivity index (χ1v) is 6.23. The van der Waals surface area contributed by atoms with Crippen molar-refractivity contribution in [1.29, 1.82) is 0 Å². The fourth-order valence-corrected chi connectivity index (χ4v) is 2.47. The quantitative estimate of drug-likeness (QED) is 0.860. The van der Waals surface area contributed by atoms with Crippen LogP contribution in [0.4, 0.5) is 0 Å². The van der Waals surface area contributed by atoms with Gasteiger partial charge in [-0.15, -0.1) is 0 Å². The maximum Gasteiger partial charge on any atom is 0.0440 e. The lowest BCUT2D eigenvalue weighted by Gasteiger charge is -2.36. The highest BCUT2D eigenvalue weighted by Gasteiger charge is 2.30. The minimum absolute atomic E-state index is 0.553. The molecule has 2 rings (SSSR count). The maximum absolute atomic E-state index is 6.15. The summed E-state index contributed by atoms with van der Waals surface area (Å²) < 4.78 is 0. The van der Waals surface area contributed by atoms with Crippen LogP contribution in [0.2, 0.25) is 5.02 Å². The Balaban J connectivity index is 1.84. The molecule has 0 atom stereocenters. The van der Waals surface area contributed by atoms with Crippen LogP contribution in [-0.2, 0) is 0 Å². The smallest absolute Gasteiger partial charge is 0.0440 e. The number of rotatable bonds is 4. The van der Waals surface area contributed by atoms with Gasteiger partial charge in [-0.05, 0) is 30.4 Å². The molecule has 0 radical (unpaired) electrons. The highest BCUT2D eigenvalue weighted by molar-refractivity contribution is 6.31. The third kappa shape index (κ3) is 2.79. The molecule has 0 bridgehead atoms. The summed E-state index contributed by atoms with van der Waals surface area (Å²) in [6, 6.07) is 8.64. The molecule has 1 aliphatic rings. The summed E-state index contributed by atoms with van der Waals surface area (Å²) in [5, 5.41) is 4.91. The zero-order chi connectivity index (χ0) is 11.5. The Kier molecular flexibility index (Phi) is 3.91. The Morgan fingerprint density at radius 1 is 1.38 bits per heavy atom. The zero-order valence-corrected chi connectivity index (χ0v) is 10.6. The van der Waals surface area contributed by atoms with Gasteiger partial charge < -0.3 is 5.32 Å². The number of hydrogen-bond acceptors (Lipinski definition) is 1. The van der Waals surface area contributed by atoms with Crippen molar-refractivity contribution in [3.63, 3.8) is 0 Å². The van der Waals surface area contributed by atoms with Crippen LogP contribution in [0.25, 0.3) is 0 Å². The summed E-state index contributed by atoms with van der Waals surface area (Å²) in [4.78, 5) is 0. The Bertz CT molecular complexity index is 383. The topological polar surface area (TPSA) is 12.0 Å². The predicted molar refractivity (Wildman–Crippen MR) is 70.2 cm³/mol. The van der Waals surface area contributed by atoms with E-state index in [0.717, 1.165) is 17.9 Å². The molecule has 0 aliphatic heterocycles. The second kappa shape index (κ2) is 5.22. The standard InChI is InChI=1S/C13H15Cl2N/c1-9(14)8-16-11-6-10(7-11)12-4-2-3-5-13(12)15/h2-5,10-11,16H,1,6-8H2. The third-order valence-electron chi connectivity index (χ3n) is 3.07. The Labute approximate surface area is 106 Å². The maximum atomic E-state index is 6.15. The third-order valence-corrected chi connectivity index (χ3v) is 3.54. The van der Waals surface area contributed by atoms with Crippen molar-refractivity contribution in [2.75, 3.05) is 6.54 Å². The van der Waals surface area contributed by atoms with Crippen LogP contribution in [0.3, 0.4) is 0 Å². The number of benzene rings is 1. The first kappa shape index (κ1) is 12.0. The van der Waals surface area contributed by atoms with E-state index >= 15 is 0 Å². The van der Waals surface area contributed by atoms with Gasteiger partial charge in [0, 0.05) is 22.6 Å². The highest BCUT2D eigenvalue weighted by Crippen LogP contribution is 2.39. The van der Waals surface area contributed by atoms with Crippen LogP contribution in [0.1, 0.15) is 24.3 Å². The lowest BCUT2D eigenvalue weighted by Crippen LogP contribution is -2.40. The van der Waals surface area contributed by atoms with Gasteiger partial charge in [-0.2, -0.15) is 0 Å². The fourth-order valence-electron chi connectivity index (χ4n) is 2.10. The van der Waals surface area contributed by atoms with Crippen molar-refractivity contribution in [3.05, 3.63) is 46.5 Å². The van der Waals surface area contributed by atoms with E-state index in [1.54, 1.807) is 0 Å². The monoisotopic (exact) mass is 255 g/mol. The summed E-state index contributed by atoms with van der Waals surface area (Å²) in [5.74, 6) is 0.592. The van der Waals surface area contributed by atoms with Gasteiger partial charge in [0.05, 0.1) is 0 Å². The minimum atomic E-state index is 0.553. The highest BCUT2D eigenvalue weighted by atomic mass is 35.5. The van der Waals surface area contributed by atoms with E-state index in [1.807, 2.05) is 18.2 Å². The van der Waals surface area contributed by atoms with Crippen LogP contribution in [0.5, 0.6) is 0 Å². The van der Waals surface area contributed by atoms with Gasteiger partial charge in [0.25, 0.3) is 0 Å². The van der Waals surface area contributed by atoms with Crippen LogP contribution in [-0.4, -0.2) is 12.6 Å². The van der Waals surface area contributed by atoms with Gasteiger partial charge in [-0.3, -0.25) is 0 Å². The second-order valence-corrected chi connectivity index (χ2v) is 5.23. The summed E-state index contributed by atoms with van der Waals surface area (Å²) in [6.45, 7) is 4.35. The van der Waals surface area contributed by atoms with Crippen LogP contribution < -0.4 is 5.32 Å². The molecule has 1 fully saturated rings. The molecule has 0 heterocycles. The molecule has 1 aromatic rings. The van der Waals surface area contributed by atoms with E-state index in [-0.39, 0.29) is 0 Å². The van der Waals surface area contributed by atoms with Crippen molar-refractivity contribution in [1.82, 2.24) is 5.32 Å². The first-order valence-electron chi connectivity index (χ1n) is 5.48. The van der Waals surface area contributed by atoms with E-state index < -0.39 is 0 Å². The molecule has 0 spiro atoms. The molecule has 0 saturated heterocycles. The van der Waals surface area contributed by atoms with Gasteiger partial charge in [-0.25, -0.2) is 0 Å². The largest absolute Gasteiger partial charge is 0.309 e. The average molecular weight is 256 g/mol. The molecule has 16 heavy (non-hydrogen) atoms. The molecular weight excluding hydrogens is 241 g/mol. The van der Waals surface area contributed by atoms with Crippen molar-refractivity contribution < 1.29 is 0 Å². The summed E-state index contributed by atoms with van der Waals surface area (Å²) in [6.07, 6.45) is 2.27. The number of hydrogen-bond donors (Lipinski definition) is 1. The van der Waals surface area contributed by atoms with Gasteiger partial charge in [0.15, 0.2) is 0 Å². The Hall–Kier alpha value is -0.500. The molecular formula is C13H15Cl2N. The Morgan fingerprint density at radius 2 is 2.06 bits per heavy atom. The Morgan fingerprint density at radius 3 is 2.69 bits per heavy atom. The van der Waals surface area contributed by atoms with Crippen molar-refractivity contribution >= 4 is 23.2 Å². The van der Waals surface area contributed by atoms with Crippen LogP contribution in [0, 0.1) is 0 Å². The molecule has 1 aliphatic carbocycles. The molecule has 1 aromatic carbocycles. The second-order valence-electron chi connectivity index (χ2n) is 4.28. The van der Waals surface area contributed by atoms with Gasteiger partial charge in [0.1, 0.15) is 0 Å². The predicted octanol–water partition coefficient (Wildman–Crippen LogP) is 3.93. The molecule has 86 valence electrons. The molecule has 3 heteroatoms. The molecule has 1 N–H and O–H groups in total. The van der Waals surface area contributed by atoms with Gasteiger partial charge in [-0.1, -0.05) is 48.0 Å². The average Bonchev–Trinajstić information content (AvgIpc) is 2.17. The molecule has 1 saturated carbocycles. The van der Waals surface area contributed by atoms with Crippen LogP contribution in [0.15, 0.2) is 35.9 Å². The molecule has 0 unspecified atom stereocenters. The normalized spacial score (nSPS) is 23.9. The molecule has 0 aromatic heterocycles. The van der Waals surface area contributed by atoms with E-state index in [1.165, 1.54) is 5.56 Å². The van der Waals surface area contributed by atoms with Crippen molar-refractivity contribution in [2.45, 2.75) is 24.8 Å². The summed E-state index contributed by atoms with van der Waals surface area (Å²) in [5.41, 5.74) is 1.27. The van der Waals surface area contributed by atoms with Gasteiger partial charge >= 0.3 is 0 Å². The number of halogens is 2. The van der Waals surface area contributed by atoms with Crippen molar-refractivity contribution in [3.8, 4) is 0 Å². The van der Waals surface area contributed by atoms with E-state index in [4.69, 9.17) is 23.2 Å². The summed E-state index contributed by atoms with van der Waals surface area (Å²) in [7, 11) is 0. The van der Waals surface area contributed by atoms with Gasteiger partial charge in [0.2, 0.25) is 0 Å². The molecule has 1 nitrogen and oxygen atoms in total. The molecule has 0 amide bonds.